The van der Waals surface area contributed by atoms with Gasteiger partial charge >= 0.3 is 0 Å². The molecule has 10 heteroatoms. The standard InChI is InChI=1S/C25H28ClN5O3S/c1-18-5-10-23(26)22(15-18)24(32)29-20-16-27-25(28-17-20)30-19-6-8-21(9-7-19)35(33,34)14-4-13-31-11-2-3-12-31/h5-10,15-17H,2-4,11-14H2,1H3,(H,29,32)(H,27,28,30). The van der Waals surface area contributed by atoms with Crippen LogP contribution in [0.25, 0.3) is 0 Å². The van der Waals surface area contributed by atoms with Gasteiger partial charge in [-0.2, -0.15) is 0 Å². The number of halogens is 1. The van der Waals surface area contributed by atoms with Gasteiger partial charge in [-0.15, -0.1) is 0 Å². The SMILES string of the molecule is Cc1ccc(Cl)c(C(=O)Nc2cnc(Nc3ccc(S(=O)(=O)CCCN4CCCC4)cc3)nc2)c1. The van der Waals surface area contributed by atoms with Gasteiger partial charge in [0.15, 0.2) is 9.84 Å². The molecule has 1 aliphatic heterocycles. The molecule has 2 N–H and O–H groups in total. The summed E-state index contributed by atoms with van der Waals surface area (Å²) in [6.45, 7) is 4.84. The Kier molecular flexibility index (Phi) is 8.00. The lowest BCUT2D eigenvalue weighted by molar-refractivity contribution is 0.102. The van der Waals surface area contributed by atoms with Crippen molar-refractivity contribution in [2.24, 2.45) is 0 Å². The molecule has 2 heterocycles. The van der Waals surface area contributed by atoms with E-state index in [1.165, 1.54) is 25.2 Å². The van der Waals surface area contributed by atoms with Gasteiger partial charge in [-0.25, -0.2) is 18.4 Å². The highest BCUT2D eigenvalue weighted by Gasteiger charge is 2.17. The zero-order chi connectivity index (χ0) is 24.8. The van der Waals surface area contributed by atoms with Crippen LogP contribution in [-0.4, -0.2) is 54.6 Å². The van der Waals surface area contributed by atoms with E-state index in [2.05, 4.69) is 25.5 Å². The van der Waals surface area contributed by atoms with E-state index in [4.69, 9.17) is 11.6 Å². The van der Waals surface area contributed by atoms with E-state index < -0.39 is 9.84 Å². The van der Waals surface area contributed by atoms with Gasteiger partial charge in [0.05, 0.1) is 39.3 Å². The zero-order valence-corrected chi connectivity index (χ0v) is 21.1. The molecule has 184 valence electrons. The Morgan fingerprint density at radius 2 is 1.71 bits per heavy atom. The summed E-state index contributed by atoms with van der Waals surface area (Å²) in [6.07, 6.45) is 6.00. The van der Waals surface area contributed by atoms with Crippen LogP contribution in [0.1, 0.15) is 35.2 Å². The van der Waals surface area contributed by atoms with E-state index in [9.17, 15) is 13.2 Å². The number of anilines is 3. The topological polar surface area (TPSA) is 104 Å². The highest BCUT2D eigenvalue weighted by Crippen LogP contribution is 2.21. The van der Waals surface area contributed by atoms with Crippen LogP contribution in [0.5, 0.6) is 0 Å². The van der Waals surface area contributed by atoms with Crippen LogP contribution in [-0.2, 0) is 9.84 Å². The Hall–Kier alpha value is -3.01. The third kappa shape index (κ3) is 6.78. The van der Waals surface area contributed by atoms with Crippen LogP contribution < -0.4 is 10.6 Å². The van der Waals surface area contributed by atoms with Crippen molar-refractivity contribution < 1.29 is 13.2 Å². The van der Waals surface area contributed by atoms with Crippen molar-refractivity contribution in [1.82, 2.24) is 14.9 Å². The third-order valence-electron chi connectivity index (χ3n) is 5.83. The predicted octanol–water partition coefficient (Wildman–Crippen LogP) is 4.69. The molecule has 2 aromatic carbocycles. The first-order chi connectivity index (χ1) is 16.8. The van der Waals surface area contributed by atoms with Crippen LogP contribution in [0.2, 0.25) is 5.02 Å². The molecule has 0 unspecified atom stereocenters. The van der Waals surface area contributed by atoms with Crippen LogP contribution in [0, 0.1) is 6.92 Å². The number of hydrogen-bond donors (Lipinski definition) is 2. The fourth-order valence-corrected chi connectivity index (χ4v) is 5.44. The molecule has 0 atom stereocenters. The van der Waals surface area contributed by atoms with E-state index in [1.54, 1.807) is 36.4 Å². The number of benzene rings is 2. The first-order valence-electron chi connectivity index (χ1n) is 11.5. The summed E-state index contributed by atoms with van der Waals surface area (Å²) in [7, 11) is -3.32. The maximum Gasteiger partial charge on any atom is 0.257 e. The highest BCUT2D eigenvalue weighted by atomic mass is 35.5. The van der Waals surface area contributed by atoms with Crippen molar-refractivity contribution in [3.8, 4) is 0 Å². The van der Waals surface area contributed by atoms with Gasteiger partial charge in [0.1, 0.15) is 0 Å². The lowest BCUT2D eigenvalue weighted by Crippen LogP contribution is -2.22. The minimum Gasteiger partial charge on any atom is -0.324 e. The average molecular weight is 514 g/mol. The number of carbonyl (C=O) groups is 1. The van der Waals surface area contributed by atoms with Gasteiger partial charge < -0.3 is 15.5 Å². The molecular weight excluding hydrogens is 486 g/mol. The van der Waals surface area contributed by atoms with Crippen molar-refractivity contribution in [3.05, 3.63) is 71.0 Å². The number of carbonyl (C=O) groups excluding carboxylic acids is 1. The van der Waals surface area contributed by atoms with Crippen LogP contribution in [0.15, 0.2) is 59.8 Å². The predicted molar refractivity (Wildman–Crippen MR) is 138 cm³/mol. The number of nitrogens with one attached hydrogen (secondary N) is 2. The second-order valence-corrected chi connectivity index (χ2v) is 11.1. The van der Waals surface area contributed by atoms with Crippen LogP contribution in [0.3, 0.4) is 0 Å². The maximum atomic E-state index is 12.6. The molecule has 0 aliphatic carbocycles. The Labute approximate surface area is 210 Å². The fraction of sp³-hybridized carbons (Fsp3) is 0.320. The van der Waals surface area contributed by atoms with E-state index in [0.717, 1.165) is 25.2 Å². The summed E-state index contributed by atoms with van der Waals surface area (Å²) in [4.78, 5) is 23.5. The highest BCUT2D eigenvalue weighted by molar-refractivity contribution is 7.91. The van der Waals surface area contributed by atoms with E-state index in [-0.39, 0.29) is 11.7 Å². The van der Waals surface area contributed by atoms with E-state index in [1.807, 2.05) is 13.0 Å². The lowest BCUT2D eigenvalue weighted by Gasteiger charge is -2.14. The molecular formula is C25H28ClN5O3S. The van der Waals surface area contributed by atoms with Crippen molar-refractivity contribution in [2.45, 2.75) is 31.1 Å². The molecule has 1 amide bonds. The molecule has 0 radical (unpaired) electrons. The number of amides is 1. The molecule has 1 aromatic heterocycles. The van der Waals surface area contributed by atoms with Crippen molar-refractivity contribution in [2.75, 3.05) is 36.0 Å². The smallest absolute Gasteiger partial charge is 0.257 e. The molecule has 3 aromatic rings. The average Bonchev–Trinajstić information content (AvgIpc) is 3.36. The Morgan fingerprint density at radius 1 is 1.03 bits per heavy atom. The summed E-state index contributed by atoms with van der Waals surface area (Å²) in [5.74, 6) is 0.110. The molecule has 0 saturated carbocycles. The lowest BCUT2D eigenvalue weighted by atomic mass is 10.1. The van der Waals surface area contributed by atoms with Gasteiger partial charge in [0.25, 0.3) is 5.91 Å². The molecule has 0 spiro atoms. The van der Waals surface area contributed by atoms with Crippen molar-refractivity contribution in [1.29, 1.82) is 0 Å². The number of likely N-dealkylation sites (tertiary alicyclic amines) is 1. The van der Waals surface area contributed by atoms with Crippen LogP contribution >= 0.6 is 11.6 Å². The van der Waals surface area contributed by atoms with Gasteiger partial charge in [0, 0.05) is 5.69 Å². The monoisotopic (exact) mass is 513 g/mol. The van der Waals surface area contributed by atoms with E-state index in [0.29, 0.717) is 39.2 Å². The summed E-state index contributed by atoms with van der Waals surface area (Å²) in [6, 6.07) is 11.8. The van der Waals surface area contributed by atoms with E-state index >= 15 is 0 Å². The van der Waals surface area contributed by atoms with Crippen molar-refractivity contribution >= 4 is 44.7 Å². The largest absolute Gasteiger partial charge is 0.324 e. The zero-order valence-electron chi connectivity index (χ0n) is 19.5. The van der Waals surface area contributed by atoms with Gasteiger partial charge in [-0.05, 0) is 82.2 Å². The molecule has 1 fully saturated rings. The number of sulfone groups is 1. The minimum absolute atomic E-state index is 0.139. The summed E-state index contributed by atoms with van der Waals surface area (Å²) < 4.78 is 25.3. The van der Waals surface area contributed by atoms with Crippen LogP contribution in [0.4, 0.5) is 17.3 Å². The Bertz CT molecular complexity index is 1280. The molecule has 4 rings (SSSR count). The Balaban J connectivity index is 1.32. The molecule has 1 saturated heterocycles. The quantitative estimate of drug-likeness (QED) is 0.427. The number of aryl methyl sites for hydroxylation is 1. The first-order valence-corrected chi connectivity index (χ1v) is 13.5. The molecule has 1 aliphatic rings. The normalized spacial score (nSPS) is 14.1. The molecule has 8 nitrogen and oxygen atoms in total. The van der Waals surface area contributed by atoms with Gasteiger partial charge in [0.2, 0.25) is 5.95 Å². The maximum absolute atomic E-state index is 12.6. The number of aromatic nitrogens is 2. The number of hydrogen-bond acceptors (Lipinski definition) is 7. The second-order valence-electron chi connectivity index (χ2n) is 8.60. The second kappa shape index (κ2) is 11.2. The molecule has 0 bridgehead atoms. The van der Waals surface area contributed by atoms with Crippen molar-refractivity contribution in [3.63, 3.8) is 0 Å². The first kappa shape index (κ1) is 25.1. The summed E-state index contributed by atoms with van der Waals surface area (Å²) in [5.41, 5.74) is 2.38. The number of rotatable bonds is 9. The number of nitrogens with zero attached hydrogens (tertiary/aromatic N) is 3. The molecule has 35 heavy (non-hydrogen) atoms. The van der Waals surface area contributed by atoms with Gasteiger partial charge in [-0.3, -0.25) is 4.79 Å². The Morgan fingerprint density at radius 3 is 2.40 bits per heavy atom. The minimum atomic E-state index is -3.32. The summed E-state index contributed by atoms with van der Waals surface area (Å²) >= 11 is 6.12. The summed E-state index contributed by atoms with van der Waals surface area (Å²) in [5, 5.41) is 6.13. The van der Waals surface area contributed by atoms with Gasteiger partial charge in [-0.1, -0.05) is 23.2 Å². The fourth-order valence-electron chi connectivity index (χ4n) is 3.95. The third-order valence-corrected chi connectivity index (χ3v) is 7.98.